The molecular weight excluding hydrogens is 326 g/mol. The molecule has 5 heteroatoms. The van der Waals surface area contributed by atoms with E-state index in [1.54, 1.807) is 12.1 Å². The molecule has 1 aromatic heterocycles. The van der Waals surface area contributed by atoms with Gasteiger partial charge in [0.2, 0.25) is 0 Å². The van der Waals surface area contributed by atoms with Gasteiger partial charge < -0.3 is 9.73 Å². The molecule has 2 rings (SSSR count). The molecule has 1 unspecified atom stereocenters. The van der Waals surface area contributed by atoms with Gasteiger partial charge in [0.05, 0.1) is 0 Å². The van der Waals surface area contributed by atoms with Gasteiger partial charge in [0.15, 0.2) is 10.4 Å². The summed E-state index contributed by atoms with van der Waals surface area (Å²) >= 11 is 6.71. The third kappa shape index (κ3) is 3.08. The van der Waals surface area contributed by atoms with E-state index in [4.69, 9.17) is 4.42 Å². The number of nitrogens with one attached hydrogen (secondary N) is 1. The summed E-state index contributed by atoms with van der Waals surface area (Å²) in [6, 6.07) is 3.36. The van der Waals surface area contributed by atoms with Crippen molar-refractivity contribution < 1.29 is 9.21 Å². The van der Waals surface area contributed by atoms with Crippen LogP contribution in [0.3, 0.4) is 0 Å². The molecule has 0 aromatic carbocycles. The van der Waals surface area contributed by atoms with Crippen molar-refractivity contribution in [2.24, 2.45) is 5.92 Å². The summed E-state index contributed by atoms with van der Waals surface area (Å²) in [5, 5.41) is 2.83. The van der Waals surface area contributed by atoms with Crippen LogP contribution in [0.5, 0.6) is 0 Å². The molecule has 1 atom stereocenters. The number of carbonyl (C=O) groups excluding carboxylic acids is 1. The first-order valence-electron chi connectivity index (χ1n) is 4.84. The summed E-state index contributed by atoms with van der Waals surface area (Å²) < 4.78 is 5.72. The first kappa shape index (κ1) is 11.2. The van der Waals surface area contributed by atoms with Crippen LogP contribution in [0.4, 0.5) is 0 Å². The zero-order valence-corrected chi connectivity index (χ0v) is 11.2. The maximum absolute atomic E-state index is 11.6. The SMILES string of the molecule is O=C(NCC(Br)C1CC1)c1ccc(Br)o1. The maximum atomic E-state index is 11.6. The Morgan fingerprint density at radius 2 is 2.33 bits per heavy atom. The van der Waals surface area contributed by atoms with Gasteiger partial charge in [-0.05, 0) is 46.8 Å². The van der Waals surface area contributed by atoms with Crippen molar-refractivity contribution in [2.45, 2.75) is 17.7 Å². The monoisotopic (exact) mass is 335 g/mol. The van der Waals surface area contributed by atoms with E-state index in [1.165, 1.54) is 12.8 Å². The van der Waals surface area contributed by atoms with E-state index in [0.29, 0.717) is 21.8 Å². The molecule has 1 aliphatic carbocycles. The standard InChI is InChI=1S/C10H11Br2NO2/c11-7(6-1-2-6)5-13-10(14)8-3-4-9(12)15-8/h3-4,6-7H,1-2,5H2,(H,13,14). The molecule has 0 bridgehead atoms. The largest absolute Gasteiger partial charge is 0.444 e. The third-order valence-electron chi connectivity index (χ3n) is 2.39. The highest BCUT2D eigenvalue weighted by molar-refractivity contribution is 9.10. The fourth-order valence-electron chi connectivity index (χ4n) is 1.34. The van der Waals surface area contributed by atoms with E-state index in [9.17, 15) is 4.79 Å². The fraction of sp³-hybridized carbons (Fsp3) is 0.500. The Labute approximate surface area is 105 Å². The molecule has 0 saturated heterocycles. The molecule has 0 aliphatic heterocycles. The molecule has 15 heavy (non-hydrogen) atoms. The molecular formula is C10H11Br2NO2. The molecule has 1 fully saturated rings. The molecule has 1 aliphatic rings. The predicted octanol–water partition coefficient (Wildman–Crippen LogP) is 2.95. The minimum atomic E-state index is -0.161. The summed E-state index contributed by atoms with van der Waals surface area (Å²) in [5.41, 5.74) is 0. The van der Waals surface area contributed by atoms with Gasteiger partial charge in [0, 0.05) is 11.4 Å². The van der Waals surface area contributed by atoms with Gasteiger partial charge in [0.25, 0.3) is 5.91 Å². The Morgan fingerprint density at radius 1 is 1.60 bits per heavy atom. The van der Waals surface area contributed by atoms with Crippen molar-refractivity contribution in [3.63, 3.8) is 0 Å². The summed E-state index contributed by atoms with van der Waals surface area (Å²) in [7, 11) is 0. The van der Waals surface area contributed by atoms with Gasteiger partial charge in [-0.15, -0.1) is 0 Å². The molecule has 82 valence electrons. The lowest BCUT2D eigenvalue weighted by molar-refractivity contribution is 0.0924. The highest BCUT2D eigenvalue weighted by atomic mass is 79.9. The van der Waals surface area contributed by atoms with Gasteiger partial charge >= 0.3 is 0 Å². The second kappa shape index (κ2) is 4.70. The number of carbonyl (C=O) groups is 1. The van der Waals surface area contributed by atoms with Crippen LogP contribution in [-0.4, -0.2) is 17.3 Å². The quantitative estimate of drug-likeness (QED) is 0.859. The second-order valence-electron chi connectivity index (χ2n) is 3.67. The fourth-order valence-corrected chi connectivity index (χ4v) is 2.34. The molecule has 1 aromatic rings. The molecule has 1 saturated carbocycles. The average Bonchev–Trinajstić information content (AvgIpc) is 2.97. The third-order valence-corrected chi connectivity index (χ3v) is 3.89. The van der Waals surface area contributed by atoms with Crippen molar-refractivity contribution >= 4 is 37.8 Å². The van der Waals surface area contributed by atoms with E-state index in [2.05, 4.69) is 37.2 Å². The van der Waals surface area contributed by atoms with Crippen LogP contribution in [0.2, 0.25) is 0 Å². The predicted molar refractivity (Wildman–Crippen MR) is 64.2 cm³/mol. The summed E-state index contributed by atoms with van der Waals surface area (Å²) in [6.07, 6.45) is 2.52. The van der Waals surface area contributed by atoms with Crippen LogP contribution in [0.1, 0.15) is 23.4 Å². The first-order chi connectivity index (χ1) is 7.16. The number of hydrogen-bond acceptors (Lipinski definition) is 2. The van der Waals surface area contributed by atoms with Gasteiger partial charge in [-0.1, -0.05) is 15.9 Å². The lowest BCUT2D eigenvalue weighted by Gasteiger charge is -2.08. The second-order valence-corrected chi connectivity index (χ2v) is 5.62. The van der Waals surface area contributed by atoms with E-state index in [-0.39, 0.29) is 5.91 Å². The molecule has 0 spiro atoms. The Bertz CT molecular complexity index is 360. The van der Waals surface area contributed by atoms with E-state index in [0.717, 1.165) is 5.92 Å². The van der Waals surface area contributed by atoms with Gasteiger partial charge in [0.1, 0.15) is 0 Å². The van der Waals surface area contributed by atoms with Crippen molar-refractivity contribution in [2.75, 3.05) is 6.54 Å². The van der Waals surface area contributed by atoms with Crippen LogP contribution in [0.15, 0.2) is 21.2 Å². The number of rotatable bonds is 4. The summed E-state index contributed by atoms with van der Waals surface area (Å²) in [5.74, 6) is 0.914. The van der Waals surface area contributed by atoms with Gasteiger partial charge in [-0.3, -0.25) is 4.79 Å². The van der Waals surface area contributed by atoms with E-state index < -0.39 is 0 Å². The lowest BCUT2D eigenvalue weighted by atomic mass is 10.3. The Hall–Kier alpha value is -0.290. The molecule has 1 amide bonds. The highest BCUT2D eigenvalue weighted by Crippen LogP contribution is 2.36. The Kier molecular flexibility index (Phi) is 3.51. The van der Waals surface area contributed by atoms with Gasteiger partial charge in [-0.25, -0.2) is 0 Å². The normalized spacial score (nSPS) is 17.5. The smallest absolute Gasteiger partial charge is 0.287 e. The van der Waals surface area contributed by atoms with Crippen molar-refractivity contribution in [3.8, 4) is 0 Å². The van der Waals surface area contributed by atoms with Crippen molar-refractivity contribution in [1.29, 1.82) is 0 Å². The summed E-state index contributed by atoms with van der Waals surface area (Å²) in [4.78, 5) is 11.9. The highest BCUT2D eigenvalue weighted by Gasteiger charge is 2.29. The lowest BCUT2D eigenvalue weighted by Crippen LogP contribution is -2.30. The minimum absolute atomic E-state index is 0.161. The van der Waals surface area contributed by atoms with Crippen LogP contribution in [0, 0.1) is 5.92 Å². The van der Waals surface area contributed by atoms with E-state index in [1.807, 2.05) is 0 Å². The number of furan rings is 1. The molecule has 3 nitrogen and oxygen atoms in total. The van der Waals surface area contributed by atoms with Crippen molar-refractivity contribution in [1.82, 2.24) is 5.32 Å². The molecule has 0 radical (unpaired) electrons. The van der Waals surface area contributed by atoms with Crippen LogP contribution >= 0.6 is 31.9 Å². The first-order valence-corrected chi connectivity index (χ1v) is 6.55. The Balaban J connectivity index is 1.81. The maximum Gasteiger partial charge on any atom is 0.287 e. The van der Waals surface area contributed by atoms with Crippen LogP contribution in [0.25, 0.3) is 0 Å². The molecule has 1 N–H and O–H groups in total. The van der Waals surface area contributed by atoms with Gasteiger partial charge in [-0.2, -0.15) is 0 Å². The van der Waals surface area contributed by atoms with Crippen molar-refractivity contribution in [3.05, 3.63) is 22.6 Å². The Morgan fingerprint density at radius 3 is 2.87 bits per heavy atom. The number of hydrogen-bond donors (Lipinski definition) is 1. The summed E-state index contributed by atoms with van der Waals surface area (Å²) in [6.45, 7) is 0.655. The topological polar surface area (TPSA) is 42.2 Å². The number of halogens is 2. The zero-order chi connectivity index (χ0) is 10.8. The number of alkyl halides is 1. The van der Waals surface area contributed by atoms with Crippen LogP contribution in [-0.2, 0) is 0 Å². The van der Waals surface area contributed by atoms with E-state index >= 15 is 0 Å². The number of amides is 1. The molecule has 1 heterocycles. The average molecular weight is 337 g/mol. The van der Waals surface area contributed by atoms with Crippen LogP contribution < -0.4 is 5.32 Å². The zero-order valence-electron chi connectivity index (χ0n) is 8.00. The minimum Gasteiger partial charge on any atom is -0.444 e.